The number of aryl methyl sites for hydroxylation is 1. The van der Waals surface area contributed by atoms with Gasteiger partial charge >= 0.3 is 0 Å². The molecule has 0 saturated carbocycles. The molecule has 7 heteroatoms. The van der Waals surface area contributed by atoms with Gasteiger partial charge in [-0.2, -0.15) is 0 Å². The van der Waals surface area contributed by atoms with Crippen LogP contribution in [0.2, 0.25) is 15.1 Å². The number of hydrogen-bond acceptors (Lipinski definition) is 2. The maximum atomic E-state index is 13.7. The van der Waals surface area contributed by atoms with Crippen LogP contribution in [0.5, 0.6) is 0 Å². The second-order valence-corrected chi connectivity index (χ2v) is 9.53. The molecule has 1 atom stereocenters. The highest BCUT2D eigenvalue weighted by molar-refractivity contribution is 6.36. The SMILES string of the molecule is CCCNC(=O)[C@@H](Cc1ccccc1)N(Cc1c(Cl)cccc1Cl)C(=O)CCc1ccccc1Cl. The molecule has 0 heterocycles. The van der Waals surface area contributed by atoms with Crippen LogP contribution in [-0.4, -0.2) is 29.3 Å². The van der Waals surface area contributed by atoms with Gasteiger partial charge in [0.1, 0.15) is 6.04 Å². The molecule has 4 nitrogen and oxygen atoms in total. The van der Waals surface area contributed by atoms with Crippen LogP contribution in [0.3, 0.4) is 0 Å². The number of amides is 2. The average molecular weight is 532 g/mol. The first kappa shape index (κ1) is 27.1. The molecule has 0 aliphatic carbocycles. The Hall–Kier alpha value is -2.53. The van der Waals surface area contributed by atoms with Crippen LogP contribution >= 0.6 is 34.8 Å². The Balaban J connectivity index is 1.95. The van der Waals surface area contributed by atoms with Gasteiger partial charge in [0, 0.05) is 46.6 Å². The molecule has 3 aromatic rings. The van der Waals surface area contributed by atoms with E-state index >= 15 is 0 Å². The van der Waals surface area contributed by atoms with Crippen LogP contribution in [0.15, 0.2) is 72.8 Å². The molecule has 184 valence electrons. The summed E-state index contributed by atoms with van der Waals surface area (Å²) in [7, 11) is 0. The Labute approximate surface area is 222 Å². The van der Waals surface area contributed by atoms with E-state index in [4.69, 9.17) is 34.8 Å². The maximum absolute atomic E-state index is 13.7. The van der Waals surface area contributed by atoms with Crippen LogP contribution in [0.25, 0.3) is 0 Å². The monoisotopic (exact) mass is 530 g/mol. The molecule has 0 saturated heterocycles. The second kappa shape index (κ2) is 13.5. The molecule has 0 bridgehead atoms. The molecule has 0 radical (unpaired) electrons. The Kier molecular flexibility index (Phi) is 10.5. The Bertz CT molecular complexity index is 1120. The van der Waals surface area contributed by atoms with Crippen LogP contribution in [-0.2, 0) is 29.0 Å². The molecule has 0 fully saturated rings. The van der Waals surface area contributed by atoms with Gasteiger partial charge < -0.3 is 10.2 Å². The van der Waals surface area contributed by atoms with Crippen molar-refractivity contribution in [1.82, 2.24) is 10.2 Å². The summed E-state index contributed by atoms with van der Waals surface area (Å²) in [4.78, 5) is 28.6. The van der Waals surface area contributed by atoms with E-state index < -0.39 is 6.04 Å². The molecule has 1 N–H and O–H groups in total. The van der Waals surface area contributed by atoms with Gasteiger partial charge in [0.15, 0.2) is 0 Å². The number of carbonyl (C=O) groups is 2. The Morgan fingerprint density at radius 3 is 2.14 bits per heavy atom. The summed E-state index contributed by atoms with van der Waals surface area (Å²) in [5.74, 6) is -0.376. The van der Waals surface area contributed by atoms with Gasteiger partial charge in [-0.15, -0.1) is 0 Å². The zero-order chi connectivity index (χ0) is 25.2. The summed E-state index contributed by atoms with van der Waals surface area (Å²) >= 11 is 19.2. The number of nitrogens with zero attached hydrogens (tertiary/aromatic N) is 1. The van der Waals surface area contributed by atoms with Crippen molar-refractivity contribution in [2.24, 2.45) is 0 Å². The molecule has 0 unspecified atom stereocenters. The lowest BCUT2D eigenvalue weighted by atomic mass is 10.0. The third kappa shape index (κ3) is 7.73. The first-order valence-electron chi connectivity index (χ1n) is 11.7. The summed E-state index contributed by atoms with van der Waals surface area (Å²) in [5.41, 5.74) is 2.45. The highest BCUT2D eigenvalue weighted by Crippen LogP contribution is 2.28. The van der Waals surface area contributed by atoms with E-state index in [1.807, 2.05) is 55.5 Å². The summed E-state index contributed by atoms with van der Waals surface area (Å²) in [5, 5.41) is 4.48. The quantitative estimate of drug-likeness (QED) is 0.298. The number of halogens is 3. The predicted molar refractivity (Wildman–Crippen MR) is 144 cm³/mol. The van der Waals surface area contributed by atoms with Crippen LogP contribution in [0.4, 0.5) is 0 Å². The van der Waals surface area contributed by atoms with Crippen LogP contribution < -0.4 is 5.32 Å². The molecular weight excluding hydrogens is 503 g/mol. The van der Waals surface area contributed by atoms with Crippen molar-refractivity contribution in [2.45, 2.75) is 45.2 Å². The Morgan fingerprint density at radius 1 is 0.857 bits per heavy atom. The maximum Gasteiger partial charge on any atom is 0.243 e. The number of carbonyl (C=O) groups excluding carboxylic acids is 2. The fraction of sp³-hybridized carbons (Fsp3) is 0.286. The summed E-state index contributed by atoms with van der Waals surface area (Å²) < 4.78 is 0. The van der Waals surface area contributed by atoms with Crippen molar-refractivity contribution in [1.29, 1.82) is 0 Å². The van der Waals surface area contributed by atoms with Gasteiger partial charge in [0.05, 0.1) is 0 Å². The lowest BCUT2D eigenvalue weighted by Crippen LogP contribution is -2.50. The first-order valence-corrected chi connectivity index (χ1v) is 12.8. The van der Waals surface area contributed by atoms with E-state index in [1.54, 1.807) is 29.2 Å². The summed E-state index contributed by atoms with van der Waals surface area (Å²) in [6.45, 7) is 2.64. The van der Waals surface area contributed by atoms with Crippen molar-refractivity contribution in [3.8, 4) is 0 Å². The second-order valence-electron chi connectivity index (χ2n) is 8.31. The minimum Gasteiger partial charge on any atom is -0.354 e. The normalized spacial score (nSPS) is 11.7. The zero-order valence-corrected chi connectivity index (χ0v) is 21.9. The summed E-state index contributed by atoms with van der Waals surface area (Å²) in [6.07, 6.45) is 1.81. The van der Waals surface area contributed by atoms with E-state index in [1.165, 1.54) is 0 Å². The first-order chi connectivity index (χ1) is 16.9. The molecule has 2 amide bonds. The van der Waals surface area contributed by atoms with Crippen LogP contribution in [0, 0.1) is 0 Å². The number of hydrogen-bond donors (Lipinski definition) is 1. The molecule has 3 aromatic carbocycles. The van der Waals surface area contributed by atoms with Crippen LogP contribution in [0.1, 0.15) is 36.5 Å². The van der Waals surface area contributed by atoms with E-state index in [2.05, 4.69) is 5.32 Å². The molecule has 0 spiro atoms. The minimum absolute atomic E-state index is 0.122. The summed E-state index contributed by atoms with van der Waals surface area (Å²) in [6, 6.07) is 21.6. The molecule has 3 rings (SSSR count). The predicted octanol–water partition coefficient (Wildman–Crippen LogP) is 6.75. The fourth-order valence-corrected chi connectivity index (χ4v) is 4.61. The van der Waals surface area contributed by atoms with Crippen molar-refractivity contribution in [3.05, 3.63) is 105 Å². The average Bonchev–Trinajstić information content (AvgIpc) is 2.86. The third-order valence-corrected chi connectivity index (χ3v) is 6.85. The highest BCUT2D eigenvalue weighted by atomic mass is 35.5. The van der Waals surface area contributed by atoms with E-state index in [9.17, 15) is 9.59 Å². The lowest BCUT2D eigenvalue weighted by molar-refractivity contribution is -0.141. The molecule has 0 aliphatic rings. The van der Waals surface area contributed by atoms with Crippen molar-refractivity contribution >= 4 is 46.6 Å². The van der Waals surface area contributed by atoms with Gasteiger partial charge in [-0.05, 0) is 42.2 Å². The number of benzene rings is 3. The Morgan fingerprint density at radius 2 is 1.49 bits per heavy atom. The fourth-order valence-electron chi connectivity index (χ4n) is 3.86. The standard InChI is InChI=1S/C28H29Cl3N2O2/c1-2-17-32-28(35)26(18-20-9-4-3-5-10-20)33(19-22-24(30)13-8-14-25(22)31)27(34)16-15-21-11-6-7-12-23(21)29/h3-14,26H,2,15-19H2,1H3,(H,32,35)/t26-/m1/s1. The minimum atomic E-state index is -0.727. The topological polar surface area (TPSA) is 49.4 Å². The van der Waals surface area contributed by atoms with Gasteiger partial charge in [0.25, 0.3) is 0 Å². The smallest absolute Gasteiger partial charge is 0.243 e. The molecule has 35 heavy (non-hydrogen) atoms. The van der Waals surface area contributed by atoms with Gasteiger partial charge in [-0.1, -0.05) is 96.3 Å². The van der Waals surface area contributed by atoms with Crippen molar-refractivity contribution in [3.63, 3.8) is 0 Å². The largest absolute Gasteiger partial charge is 0.354 e. The number of nitrogens with one attached hydrogen (secondary N) is 1. The van der Waals surface area contributed by atoms with E-state index in [0.717, 1.165) is 17.5 Å². The lowest BCUT2D eigenvalue weighted by Gasteiger charge is -2.32. The highest BCUT2D eigenvalue weighted by Gasteiger charge is 2.31. The van der Waals surface area contributed by atoms with E-state index in [-0.39, 0.29) is 24.8 Å². The molecule has 0 aromatic heterocycles. The third-order valence-electron chi connectivity index (χ3n) is 5.78. The van der Waals surface area contributed by atoms with Crippen molar-refractivity contribution in [2.75, 3.05) is 6.54 Å². The van der Waals surface area contributed by atoms with E-state index in [0.29, 0.717) is 40.0 Å². The van der Waals surface area contributed by atoms with Gasteiger partial charge in [0.2, 0.25) is 11.8 Å². The zero-order valence-electron chi connectivity index (χ0n) is 19.6. The molecule has 0 aliphatic heterocycles. The van der Waals surface area contributed by atoms with Gasteiger partial charge in [-0.25, -0.2) is 0 Å². The number of rotatable bonds is 11. The van der Waals surface area contributed by atoms with Gasteiger partial charge in [-0.3, -0.25) is 9.59 Å². The van der Waals surface area contributed by atoms with Crippen molar-refractivity contribution < 1.29 is 9.59 Å². The molecular formula is C28H29Cl3N2O2.